The molecule has 29 heavy (non-hydrogen) atoms. The summed E-state index contributed by atoms with van der Waals surface area (Å²) in [5.74, 6) is 0. The number of aliphatic hydroxyl groups is 1. The Labute approximate surface area is 181 Å². The highest BCUT2D eigenvalue weighted by Crippen LogP contribution is 2.17. The molecule has 0 unspecified atom stereocenters. The normalized spacial score (nSPS) is 8.07. The largest absolute Gasteiger partial charge is 0.400 e. The summed E-state index contributed by atoms with van der Waals surface area (Å²) in [6, 6.07) is 29.6. The van der Waals surface area contributed by atoms with Gasteiger partial charge in [-0.1, -0.05) is 95.8 Å². The van der Waals surface area contributed by atoms with E-state index in [1.54, 1.807) is 0 Å². The zero-order valence-electron chi connectivity index (χ0n) is 18.0. The lowest BCUT2D eigenvalue weighted by Gasteiger charge is -2.07. The first kappa shape index (κ1) is 31.2. The molecule has 3 heteroatoms. The number of rotatable bonds is 5. The minimum atomic E-state index is 0. The van der Waals surface area contributed by atoms with Crippen molar-refractivity contribution in [3.05, 3.63) is 96.1 Å². The number of anilines is 2. The fraction of sp³-hybridized carbons (Fsp3) is 0.308. The molecule has 0 spiro atoms. The smallest absolute Gasteiger partial charge is 0.0384 e. The molecule has 3 aromatic rings. The van der Waals surface area contributed by atoms with Crippen LogP contribution in [0, 0.1) is 0 Å². The molecular weight excluding hydrogens is 353 g/mol. The lowest BCUT2D eigenvalue weighted by atomic mass is 10.0. The van der Waals surface area contributed by atoms with E-state index in [0.29, 0.717) is 0 Å². The van der Waals surface area contributed by atoms with E-state index in [2.05, 4.69) is 72.0 Å². The Bertz CT molecular complexity index is 670. The van der Waals surface area contributed by atoms with Crippen LogP contribution in [0.15, 0.2) is 84.9 Å². The van der Waals surface area contributed by atoms with Gasteiger partial charge in [-0.15, -0.1) is 0 Å². The Kier molecular flexibility index (Phi) is 23.4. The number of aliphatic hydroxyl groups excluding tert-OH is 1. The first-order chi connectivity index (χ1) is 13.4. The number of benzene rings is 3. The van der Waals surface area contributed by atoms with Crippen molar-refractivity contribution in [3.63, 3.8) is 0 Å². The second-order valence-corrected chi connectivity index (χ2v) is 5.17. The van der Waals surface area contributed by atoms with Gasteiger partial charge < -0.3 is 10.4 Å². The Morgan fingerprint density at radius 1 is 0.552 bits per heavy atom. The summed E-state index contributed by atoms with van der Waals surface area (Å²) >= 11 is 0. The molecule has 0 atom stereocenters. The van der Waals surface area contributed by atoms with Gasteiger partial charge in [0.25, 0.3) is 0 Å². The molecule has 0 aliphatic rings. The van der Waals surface area contributed by atoms with Crippen LogP contribution < -0.4 is 5.32 Å². The maximum Gasteiger partial charge on any atom is 0.0384 e. The van der Waals surface area contributed by atoms with Crippen molar-refractivity contribution >= 4 is 19.8 Å². The van der Waals surface area contributed by atoms with Crippen molar-refractivity contribution in [1.29, 1.82) is 0 Å². The molecule has 3 aromatic carbocycles. The number of hydrogen-bond acceptors (Lipinski definition) is 2. The summed E-state index contributed by atoms with van der Waals surface area (Å²) in [6.07, 6.45) is 2.17. The third-order valence-corrected chi connectivity index (χ3v) is 3.56. The predicted molar refractivity (Wildman–Crippen MR) is 133 cm³/mol. The molecule has 0 amide bonds. The van der Waals surface area contributed by atoms with Gasteiger partial charge in [0.05, 0.1) is 0 Å². The van der Waals surface area contributed by atoms with Crippen molar-refractivity contribution in [2.24, 2.45) is 0 Å². The zero-order chi connectivity index (χ0) is 20.3. The van der Waals surface area contributed by atoms with Crippen molar-refractivity contribution in [3.8, 4) is 0 Å². The van der Waals surface area contributed by atoms with Crippen molar-refractivity contribution < 1.29 is 5.11 Å². The van der Waals surface area contributed by atoms with E-state index in [9.17, 15) is 0 Å². The van der Waals surface area contributed by atoms with Gasteiger partial charge >= 0.3 is 0 Å². The highest BCUT2D eigenvalue weighted by atomic mass is 16.2. The van der Waals surface area contributed by atoms with Gasteiger partial charge in [-0.3, -0.25) is 0 Å². The molecule has 2 N–H and O–H groups in total. The second-order valence-electron chi connectivity index (χ2n) is 5.17. The number of aryl methyl sites for hydroxylation is 2. The van der Waals surface area contributed by atoms with Crippen LogP contribution in [-0.4, -0.2) is 20.6 Å². The molecule has 0 aliphatic heterocycles. The Morgan fingerprint density at radius 2 is 0.897 bits per heavy atom. The molecular formula is C26H39BNO. The summed E-state index contributed by atoms with van der Waals surface area (Å²) < 4.78 is 0. The molecule has 0 saturated heterocycles. The Morgan fingerprint density at radius 3 is 1.34 bits per heavy atom. The molecule has 157 valence electrons. The molecule has 0 aromatic heterocycles. The molecule has 0 saturated carbocycles. The van der Waals surface area contributed by atoms with Gasteiger partial charge in [-0.25, -0.2) is 0 Å². The third kappa shape index (κ3) is 13.3. The van der Waals surface area contributed by atoms with E-state index in [-0.39, 0.29) is 15.8 Å². The predicted octanol–water partition coefficient (Wildman–Crippen LogP) is 7.13. The van der Waals surface area contributed by atoms with E-state index < -0.39 is 0 Å². The van der Waals surface area contributed by atoms with Crippen molar-refractivity contribution in [2.45, 2.75) is 48.0 Å². The summed E-state index contributed by atoms with van der Waals surface area (Å²) in [7, 11) is 1.00. The molecule has 0 heterocycles. The van der Waals surface area contributed by atoms with Crippen LogP contribution in [0.3, 0.4) is 0 Å². The number of hydrogen-bond donors (Lipinski definition) is 2. The quantitative estimate of drug-likeness (QED) is 0.453. The average Bonchev–Trinajstić information content (AvgIpc) is 2.79. The van der Waals surface area contributed by atoms with Crippen LogP contribution in [0.1, 0.15) is 46.2 Å². The summed E-state index contributed by atoms with van der Waals surface area (Å²) in [5.41, 5.74) is 5.01. The Balaban J connectivity index is -0.000000776. The molecule has 0 fully saturated rings. The maximum absolute atomic E-state index is 7.00. The van der Waals surface area contributed by atoms with E-state index in [1.807, 2.05) is 45.9 Å². The fourth-order valence-electron chi connectivity index (χ4n) is 2.38. The highest BCUT2D eigenvalue weighted by molar-refractivity contribution is 5.75. The summed E-state index contributed by atoms with van der Waals surface area (Å²) in [4.78, 5) is 0. The first-order valence-electron chi connectivity index (χ1n) is 9.80. The van der Waals surface area contributed by atoms with Gasteiger partial charge in [-0.05, 0) is 48.2 Å². The minimum absolute atomic E-state index is 0. The lowest BCUT2D eigenvalue weighted by Crippen LogP contribution is -1.93. The second kappa shape index (κ2) is 21.8. The van der Waals surface area contributed by atoms with Crippen molar-refractivity contribution in [1.82, 2.24) is 0 Å². The van der Waals surface area contributed by atoms with E-state index >= 15 is 0 Å². The van der Waals surface area contributed by atoms with Crippen molar-refractivity contribution in [2.75, 3.05) is 12.4 Å². The topological polar surface area (TPSA) is 32.3 Å². The van der Waals surface area contributed by atoms with Crippen LogP contribution in [0.5, 0.6) is 0 Å². The molecule has 3 rings (SSSR count). The van der Waals surface area contributed by atoms with Gasteiger partial charge in [0.15, 0.2) is 0 Å². The minimum Gasteiger partial charge on any atom is -0.400 e. The number of nitrogens with one attached hydrogen (secondary N) is 1. The summed E-state index contributed by atoms with van der Waals surface area (Å²) in [5, 5.41) is 10.4. The lowest BCUT2D eigenvalue weighted by molar-refractivity contribution is 0.399. The van der Waals surface area contributed by atoms with E-state index in [0.717, 1.165) is 31.3 Å². The first-order valence-corrected chi connectivity index (χ1v) is 9.80. The van der Waals surface area contributed by atoms with Gasteiger partial charge in [-0.2, -0.15) is 0 Å². The van der Waals surface area contributed by atoms with Crippen LogP contribution in [-0.2, 0) is 12.8 Å². The van der Waals surface area contributed by atoms with Crippen LogP contribution in [0.4, 0.5) is 11.4 Å². The third-order valence-electron chi connectivity index (χ3n) is 3.56. The molecule has 2 nitrogen and oxygen atoms in total. The maximum atomic E-state index is 7.00. The van der Waals surface area contributed by atoms with Crippen LogP contribution in [0.2, 0.25) is 0 Å². The van der Waals surface area contributed by atoms with Gasteiger partial charge in [0.1, 0.15) is 0 Å². The van der Waals surface area contributed by atoms with Crippen LogP contribution >= 0.6 is 0 Å². The SMILES string of the molecule is C.CC.CC.CO.[B].c1ccc(CCc2ccc(Nc3ccccc3)cc2)cc1. The number of para-hydroxylation sites is 1. The average molecular weight is 392 g/mol. The molecule has 0 bridgehead atoms. The van der Waals surface area contributed by atoms with E-state index in [1.165, 1.54) is 11.1 Å². The van der Waals surface area contributed by atoms with Gasteiger partial charge in [0.2, 0.25) is 0 Å². The molecule has 0 aliphatic carbocycles. The highest BCUT2D eigenvalue weighted by Gasteiger charge is 1.97. The standard InChI is InChI=1S/C20H19N.2C2H6.CH4O.CH4.B/c1-3-7-17(8-4-1)11-12-18-13-15-20(16-14-18)21-19-9-5-2-6-10-19;3*1-2;;/h1-10,13-16,21H,11-12H2;2*1-2H3;2H,1H3;1H4;. The Hall–Kier alpha value is -2.52. The van der Waals surface area contributed by atoms with Gasteiger partial charge in [0, 0.05) is 26.9 Å². The zero-order valence-corrected chi connectivity index (χ0v) is 18.0. The van der Waals surface area contributed by atoms with Crippen LogP contribution in [0.25, 0.3) is 0 Å². The molecule has 3 radical (unpaired) electrons. The fourth-order valence-corrected chi connectivity index (χ4v) is 2.38. The monoisotopic (exact) mass is 392 g/mol. The van der Waals surface area contributed by atoms with E-state index in [4.69, 9.17) is 5.11 Å². The summed E-state index contributed by atoms with van der Waals surface area (Å²) in [6.45, 7) is 8.00.